The highest BCUT2D eigenvalue weighted by Crippen LogP contribution is 2.11. The van der Waals surface area contributed by atoms with Crippen LogP contribution in [0.1, 0.15) is 40.5 Å². The van der Waals surface area contributed by atoms with Crippen LogP contribution >= 0.6 is 0 Å². The van der Waals surface area contributed by atoms with Crippen molar-refractivity contribution in [3.05, 3.63) is 0 Å². The second kappa shape index (κ2) is 5.97. The molecule has 0 aliphatic heterocycles. The van der Waals surface area contributed by atoms with E-state index in [1.165, 1.54) is 0 Å². The number of carboxylic acid groups (broad SMARTS) is 1. The summed E-state index contributed by atoms with van der Waals surface area (Å²) >= 11 is 0. The van der Waals surface area contributed by atoms with Gasteiger partial charge in [0.25, 0.3) is 0 Å². The summed E-state index contributed by atoms with van der Waals surface area (Å²) in [5, 5.41) is 8.50. The van der Waals surface area contributed by atoms with Crippen molar-refractivity contribution < 1.29 is 14.6 Å². The topological polar surface area (TPSA) is 46.5 Å². The third-order valence-corrected chi connectivity index (χ3v) is 1.73. The molecule has 0 bridgehead atoms. The Hall–Kier alpha value is -0.570. The van der Waals surface area contributed by atoms with Crippen molar-refractivity contribution in [2.45, 2.75) is 52.7 Å². The molecule has 0 rings (SSSR count). The zero-order valence-corrected chi connectivity index (χ0v) is 8.91. The van der Waals surface area contributed by atoms with Crippen LogP contribution in [0.3, 0.4) is 0 Å². The molecule has 0 aliphatic rings. The van der Waals surface area contributed by atoms with E-state index in [2.05, 4.69) is 13.8 Å². The number of aliphatic carboxylic acids is 1. The smallest absolute Gasteiger partial charge is 0.305 e. The Morgan fingerprint density at radius 2 is 1.77 bits per heavy atom. The van der Waals surface area contributed by atoms with Gasteiger partial charge in [0, 0.05) is 0 Å². The molecule has 3 heteroatoms. The molecular weight excluding hydrogens is 168 g/mol. The summed E-state index contributed by atoms with van der Waals surface area (Å²) in [6.45, 7) is 8.03. The third-order valence-electron chi connectivity index (χ3n) is 1.73. The molecule has 0 amide bonds. The molecule has 2 atom stereocenters. The lowest BCUT2D eigenvalue weighted by Gasteiger charge is -2.19. The van der Waals surface area contributed by atoms with Crippen molar-refractivity contribution in [1.29, 1.82) is 0 Å². The highest BCUT2D eigenvalue weighted by atomic mass is 16.5. The molecule has 3 nitrogen and oxygen atoms in total. The first-order chi connectivity index (χ1) is 5.91. The first-order valence-corrected chi connectivity index (χ1v) is 4.79. The van der Waals surface area contributed by atoms with Gasteiger partial charge < -0.3 is 9.84 Å². The Labute approximate surface area is 80.1 Å². The lowest BCUT2D eigenvalue weighted by Crippen LogP contribution is -2.21. The second-order valence-corrected chi connectivity index (χ2v) is 3.98. The standard InChI is InChI=1S/C10H20O3/c1-7(2)5-8(3)13-9(4)6-10(11)12/h7-9H,5-6H2,1-4H3,(H,11,12)/t8?,9-/m0/s1. The maximum absolute atomic E-state index is 10.3. The molecule has 0 fully saturated rings. The Morgan fingerprint density at radius 3 is 2.15 bits per heavy atom. The van der Waals surface area contributed by atoms with Gasteiger partial charge in [0.2, 0.25) is 0 Å². The lowest BCUT2D eigenvalue weighted by atomic mass is 10.1. The fraction of sp³-hybridized carbons (Fsp3) is 0.900. The molecule has 0 saturated carbocycles. The van der Waals surface area contributed by atoms with Gasteiger partial charge in [-0.05, 0) is 26.2 Å². The summed E-state index contributed by atoms with van der Waals surface area (Å²) in [6, 6.07) is 0. The van der Waals surface area contributed by atoms with Gasteiger partial charge in [0.15, 0.2) is 0 Å². The van der Waals surface area contributed by atoms with E-state index in [9.17, 15) is 4.79 Å². The van der Waals surface area contributed by atoms with Crippen molar-refractivity contribution in [2.24, 2.45) is 5.92 Å². The largest absolute Gasteiger partial charge is 0.481 e. The molecule has 0 aromatic rings. The Kier molecular flexibility index (Phi) is 5.71. The summed E-state index contributed by atoms with van der Waals surface area (Å²) in [6.07, 6.45) is 1.02. The van der Waals surface area contributed by atoms with Gasteiger partial charge in [-0.3, -0.25) is 4.79 Å². The number of rotatable bonds is 6. The van der Waals surface area contributed by atoms with Crippen LogP contribution in [0.4, 0.5) is 0 Å². The van der Waals surface area contributed by atoms with Gasteiger partial charge >= 0.3 is 5.97 Å². The predicted molar refractivity (Wildman–Crippen MR) is 51.7 cm³/mol. The lowest BCUT2D eigenvalue weighted by molar-refractivity contribution is -0.140. The molecule has 0 radical (unpaired) electrons. The average Bonchev–Trinajstić information content (AvgIpc) is 1.80. The fourth-order valence-electron chi connectivity index (χ4n) is 1.41. The van der Waals surface area contributed by atoms with E-state index < -0.39 is 5.97 Å². The summed E-state index contributed by atoms with van der Waals surface area (Å²) in [4.78, 5) is 10.3. The minimum Gasteiger partial charge on any atom is -0.481 e. The molecule has 1 unspecified atom stereocenters. The first-order valence-electron chi connectivity index (χ1n) is 4.79. The number of carbonyl (C=O) groups is 1. The number of ether oxygens (including phenoxy) is 1. The van der Waals surface area contributed by atoms with Crippen LogP contribution in [0.25, 0.3) is 0 Å². The van der Waals surface area contributed by atoms with Crippen LogP contribution in [0.2, 0.25) is 0 Å². The van der Waals surface area contributed by atoms with E-state index in [4.69, 9.17) is 9.84 Å². The summed E-state index contributed by atoms with van der Waals surface area (Å²) < 4.78 is 5.49. The van der Waals surface area contributed by atoms with Gasteiger partial charge in [-0.2, -0.15) is 0 Å². The number of hydrogen-bond acceptors (Lipinski definition) is 2. The molecule has 0 saturated heterocycles. The van der Waals surface area contributed by atoms with Crippen molar-refractivity contribution in [1.82, 2.24) is 0 Å². The van der Waals surface area contributed by atoms with Crippen LogP contribution in [0, 0.1) is 5.92 Å². The van der Waals surface area contributed by atoms with Crippen LogP contribution in [0.15, 0.2) is 0 Å². The third kappa shape index (κ3) is 7.78. The highest BCUT2D eigenvalue weighted by Gasteiger charge is 2.12. The zero-order valence-electron chi connectivity index (χ0n) is 8.91. The van der Waals surface area contributed by atoms with E-state index in [1.54, 1.807) is 6.92 Å². The number of carboxylic acids is 1. The predicted octanol–water partition coefficient (Wildman–Crippen LogP) is 2.30. The SMILES string of the molecule is CC(C)CC(C)O[C@@H](C)CC(=O)O. The molecular formula is C10H20O3. The Bertz CT molecular complexity index is 154. The molecule has 0 aromatic heterocycles. The van der Waals surface area contributed by atoms with Crippen molar-refractivity contribution >= 4 is 5.97 Å². The van der Waals surface area contributed by atoms with Crippen molar-refractivity contribution in [2.75, 3.05) is 0 Å². The molecule has 0 heterocycles. The highest BCUT2D eigenvalue weighted by molar-refractivity contribution is 5.67. The van der Waals surface area contributed by atoms with Gasteiger partial charge in [0.05, 0.1) is 18.6 Å². The molecule has 0 spiro atoms. The minimum absolute atomic E-state index is 0.0857. The van der Waals surface area contributed by atoms with Gasteiger partial charge in [-0.25, -0.2) is 0 Å². The zero-order chi connectivity index (χ0) is 10.4. The molecule has 0 aliphatic carbocycles. The van der Waals surface area contributed by atoms with Gasteiger partial charge in [0.1, 0.15) is 0 Å². The molecule has 0 aromatic carbocycles. The average molecular weight is 188 g/mol. The van der Waals surface area contributed by atoms with Crippen LogP contribution in [0.5, 0.6) is 0 Å². The van der Waals surface area contributed by atoms with E-state index >= 15 is 0 Å². The summed E-state index contributed by atoms with van der Waals surface area (Å²) in [5.74, 6) is -0.212. The van der Waals surface area contributed by atoms with Crippen LogP contribution in [-0.2, 0) is 9.53 Å². The summed E-state index contributed by atoms with van der Waals surface area (Å²) in [7, 11) is 0. The minimum atomic E-state index is -0.802. The van der Waals surface area contributed by atoms with Crippen LogP contribution < -0.4 is 0 Å². The van der Waals surface area contributed by atoms with Crippen molar-refractivity contribution in [3.63, 3.8) is 0 Å². The first kappa shape index (κ1) is 12.4. The maximum Gasteiger partial charge on any atom is 0.305 e. The maximum atomic E-state index is 10.3. The van der Waals surface area contributed by atoms with Crippen LogP contribution in [-0.4, -0.2) is 23.3 Å². The van der Waals surface area contributed by atoms with E-state index in [0.29, 0.717) is 5.92 Å². The molecule has 78 valence electrons. The Balaban J connectivity index is 3.64. The van der Waals surface area contributed by atoms with Gasteiger partial charge in [-0.15, -0.1) is 0 Å². The molecule has 1 N–H and O–H groups in total. The monoisotopic (exact) mass is 188 g/mol. The quantitative estimate of drug-likeness (QED) is 0.695. The van der Waals surface area contributed by atoms with Gasteiger partial charge in [-0.1, -0.05) is 13.8 Å². The summed E-state index contributed by atoms with van der Waals surface area (Å²) in [5.41, 5.74) is 0. The second-order valence-electron chi connectivity index (χ2n) is 3.98. The number of hydrogen-bond donors (Lipinski definition) is 1. The van der Waals surface area contributed by atoms with E-state index in [-0.39, 0.29) is 18.6 Å². The van der Waals surface area contributed by atoms with Crippen molar-refractivity contribution in [3.8, 4) is 0 Å². The van der Waals surface area contributed by atoms with E-state index in [1.807, 2.05) is 6.92 Å². The Morgan fingerprint density at radius 1 is 1.23 bits per heavy atom. The fourth-order valence-corrected chi connectivity index (χ4v) is 1.41. The van der Waals surface area contributed by atoms with E-state index in [0.717, 1.165) is 6.42 Å². The molecule has 13 heavy (non-hydrogen) atoms. The normalized spacial score (nSPS) is 15.8.